The van der Waals surface area contributed by atoms with Crippen LogP contribution < -0.4 is 10.2 Å². The molecule has 2 atom stereocenters. The van der Waals surface area contributed by atoms with Crippen LogP contribution in [-0.2, 0) is 0 Å². The molecule has 2 nitrogen and oxygen atoms in total. The third-order valence-corrected chi connectivity index (χ3v) is 4.20. The summed E-state index contributed by atoms with van der Waals surface area (Å²) in [4.78, 5) is 2.01. The van der Waals surface area contributed by atoms with Crippen LogP contribution in [0.4, 0.5) is 24.5 Å². The minimum Gasteiger partial charge on any atom is -0.382 e. The van der Waals surface area contributed by atoms with Crippen molar-refractivity contribution in [2.24, 2.45) is 5.92 Å². The van der Waals surface area contributed by atoms with Crippen LogP contribution in [0.5, 0.6) is 0 Å². The topological polar surface area (TPSA) is 15.3 Å². The molecule has 0 heterocycles. The standard InChI is InChI=1S/C16H23F3N2/c1-11-7-8-14(10-15(11)21(2)3)20-13-6-4-5-12(9-13)16(17,18)19/h7-8,10,12-13,20H,4-6,9H2,1-3H3. The largest absolute Gasteiger partial charge is 0.391 e. The first-order valence-electron chi connectivity index (χ1n) is 7.38. The molecule has 21 heavy (non-hydrogen) atoms. The van der Waals surface area contributed by atoms with Gasteiger partial charge in [0.25, 0.3) is 0 Å². The quantitative estimate of drug-likeness (QED) is 0.878. The van der Waals surface area contributed by atoms with Gasteiger partial charge in [-0.1, -0.05) is 12.5 Å². The molecule has 5 heteroatoms. The Kier molecular flexibility index (Phi) is 4.69. The van der Waals surface area contributed by atoms with Crippen LogP contribution in [0, 0.1) is 12.8 Å². The Hall–Kier alpha value is -1.39. The summed E-state index contributed by atoms with van der Waals surface area (Å²) in [6.45, 7) is 2.03. The highest BCUT2D eigenvalue weighted by Crippen LogP contribution is 2.38. The molecule has 118 valence electrons. The van der Waals surface area contributed by atoms with Crippen molar-refractivity contribution in [2.75, 3.05) is 24.3 Å². The maximum atomic E-state index is 12.8. The Morgan fingerprint density at radius 2 is 1.90 bits per heavy atom. The summed E-state index contributed by atoms with van der Waals surface area (Å²) in [7, 11) is 3.93. The molecule has 2 rings (SSSR count). The van der Waals surface area contributed by atoms with Crippen molar-refractivity contribution >= 4 is 11.4 Å². The molecule has 1 N–H and O–H groups in total. The monoisotopic (exact) mass is 300 g/mol. The van der Waals surface area contributed by atoms with Crippen molar-refractivity contribution in [3.8, 4) is 0 Å². The van der Waals surface area contributed by atoms with Crippen molar-refractivity contribution in [3.63, 3.8) is 0 Å². The summed E-state index contributed by atoms with van der Waals surface area (Å²) in [5.41, 5.74) is 3.14. The number of halogens is 3. The van der Waals surface area contributed by atoms with Gasteiger partial charge in [0.2, 0.25) is 0 Å². The van der Waals surface area contributed by atoms with E-state index in [0.717, 1.165) is 23.4 Å². The van der Waals surface area contributed by atoms with E-state index in [1.807, 2.05) is 44.1 Å². The smallest absolute Gasteiger partial charge is 0.382 e. The summed E-state index contributed by atoms with van der Waals surface area (Å²) in [5.74, 6) is -1.16. The van der Waals surface area contributed by atoms with Gasteiger partial charge in [0.1, 0.15) is 0 Å². The lowest BCUT2D eigenvalue weighted by molar-refractivity contribution is -0.182. The molecule has 0 spiro atoms. The fourth-order valence-corrected chi connectivity index (χ4v) is 3.03. The molecule has 1 aromatic carbocycles. The van der Waals surface area contributed by atoms with E-state index < -0.39 is 12.1 Å². The van der Waals surface area contributed by atoms with Crippen LogP contribution in [0.1, 0.15) is 31.2 Å². The van der Waals surface area contributed by atoms with E-state index in [9.17, 15) is 13.2 Å². The number of rotatable bonds is 3. The molecule has 0 radical (unpaired) electrons. The Morgan fingerprint density at radius 1 is 1.19 bits per heavy atom. The van der Waals surface area contributed by atoms with E-state index in [1.165, 1.54) is 0 Å². The Labute approximate surface area is 124 Å². The van der Waals surface area contributed by atoms with Gasteiger partial charge in [-0.25, -0.2) is 0 Å². The van der Waals surface area contributed by atoms with Gasteiger partial charge in [-0.05, 0) is 43.9 Å². The number of nitrogens with one attached hydrogen (secondary N) is 1. The van der Waals surface area contributed by atoms with Gasteiger partial charge in [0.15, 0.2) is 0 Å². The van der Waals surface area contributed by atoms with Gasteiger partial charge in [-0.2, -0.15) is 13.2 Å². The van der Waals surface area contributed by atoms with Gasteiger partial charge in [0, 0.05) is 31.5 Å². The fraction of sp³-hybridized carbons (Fsp3) is 0.625. The van der Waals surface area contributed by atoms with Crippen LogP contribution in [0.2, 0.25) is 0 Å². The Bertz CT molecular complexity index is 483. The molecular weight excluding hydrogens is 277 g/mol. The molecule has 0 saturated heterocycles. The van der Waals surface area contributed by atoms with Crippen LogP contribution >= 0.6 is 0 Å². The highest BCUT2D eigenvalue weighted by Gasteiger charge is 2.42. The lowest BCUT2D eigenvalue weighted by atomic mass is 9.85. The van der Waals surface area contributed by atoms with Gasteiger partial charge in [0.05, 0.1) is 5.92 Å². The summed E-state index contributed by atoms with van der Waals surface area (Å²) < 4.78 is 38.5. The minimum atomic E-state index is -4.07. The average molecular weight is 300 g/mol. The third-order valence-electron chi connectivity index (χ3n) is 4.20. The first-order chi connectivity index (χ1) is 9.77. The first-order valence-corrected chi connectivity index (χ1v) is 7.38. The lowest BCUT2D eigenvalue weighted by Gasteiger charge is -2.32. The number of nitrogens with zero attached hydrogens (tertiary/aromatic N) is 1. The van der Waals surface area contributed by atoms with Crippen LogP contribution in [0.15, 0.2) is 18.2 Å². The lowest BCUT2D eigenvalue weighted by Crippen LogP contribution is -2.34. The summed E-state index contributed by atoms with van der Waals surface area (Å²) in [6.07, 6.45) is -2.19. The summed E-state index contributed by atoms with van der Waals surface area (Å²) in [6, 6.07) is 5.86. The molecule has 1 aliphatic carbocycles. The maximum absolute atomic E-state index is 12.8. The molecule has 1 aromatic rings. The van der Waals surface area contributed by atoms with Gasteiger partial charge < -0.3 is 10.2 Å². The molecule has 2 unspecified atom stereocenters. The highest BCUT2D eigenvalue weighted by molar-refractivity contribution is 5.62. The summed E-state index contributed by atoms with van der Waals surface area (Å²) >= 11 is 0. The maximum Gasteiger partial charge on any atom is 0.391 e. The molecule has 0 aliphatic heterocycles. The number of aryl methyl sites for hydroxylation is 1. The average Bonchev–Trinajstić information content (AvgIpc) is 2.40. The first kappa shape index (κ1) is 16.0. The second kappa shape index (κ2) is 6.16. The van der Waals surface area contributed by atoms with Crippen molar-refractivity contribution in [3.05, 3.63) is 23.8 Å². The SMILES string of the molecule is Cc1ccc(NC2CCCC(C(F)(F)F)C2)cc1N(C)C. The zero-order chi connectivity index (χ0) is 15.6. The van der Waals surface area contributed by atoms with Crippen LogP contribution in [0.25, 0.3) is 0 Å². The molecule has 0 aromatic heterocycles. The van der Waals surface area contributed by atoms with Crippen molar-refractivity contribution in [1.29, 1.82) is 0 Å². The van der Waals surface area contributed by atoms with E-state index >= 15 is 0 Å². The van der Waals surface area contributed by atoms with Crippen molar-refractivity contribution in [2.45, 2.75) is 44.8 Å². The molecule has 0 amide bonds. The zero-order valence-electron chi connectivity index (χ0n) is 12.8. The van der Waals surface area contributed by atoms with Gasteiger partial charge in [-0.3, -0.25) is 0 Å². The predicted octanol–water partition coefficient (Wildman–Crippen LogP) is 4.59. The number of hydrogen-bond donors (Lipinski definition) is 1. The molecule has 1 saturated carbocycles. The van der Waals surface area contributed by atoms with Gasteiger partial charge >= 0.3 is 6.18 Å². The van der Waals surface area contributed by atoms with E-state index in [4.69, 9.17) is 0 Å². The van der Waals surface area contributed by atoms with Crippen LogP contribution in [-0.4, -0.2) is 26.3 Å². The predicted molar refractivity (Wildman–Crippen MR) is 80.9 cm³/mol. The molecular formula is C16H23F3N2. The normalized spacial score (nSPS) is 23.0. The van der Waals surface area contributed by atoms with E-state index in [1.54, 1.807) is 0 Å². The van der Waals surface area contributed by atoms with Crippen LogP contribution in [0.3, 0.4) is 0 Å². The number of hydrogen-bond acceptors (Lipinski definition) is 2. The second-order valence-corrected chi connectivity index (χ2v) is 6.14. The van der Waals surface area contributed by atoms with E-state index in [2.05, 4.69) is 5.32 Å². The molecule has 1 fully saturated rings. The molecule has 0 bridgehead atoms. The third kappa shape index (κ3) is 4.05. The number of anilines is 2. The Morgan fingerprint density at radius 3 is 2.52 bits per heavy atom. The van der Waals surface area contributed by atoms with E-state index in [-0.39, 0.29) is 18.9 Å². The van der Waals surface area contributed by atoms with E-state index in [0.29, 0.717) is 6.42 Å². The highest BCUT2D eigenvalue weighted by atomic mass is 19.4. The summed E-state index contributed by atoms with van der Waals surface area (Å²) in [5, 5.41) is 3.28. The number of alkyl halides is 3. The molecule has 1 aliphatic rings. The van der Waals surface area contributed by atoms with Gasteiger partial charge in [-0.15, -0.1) is 0 Å². The second-order valence-electron chi connectivity index (χ2n) is 6.14. The number of benzene rings is 1. The fourth-order valence-electron chi connectivity index (χ4n) is 3.03. The zero-order valence-corrected chi connectivity index (χ0v) is 12.8. The minimum absolute atomic E-state index is 0.0944. The van der Waals surface area contributed by atoms with Crippen molar-refractivity contribution in [1.82, 2.24) is 0 Å². The van der Waals surface area contributed by atoms with Crippen molar-refractivity contribution < 1.29 is 13.2 Å². The Balaban J connectivity index is 2.06.